The van der Waals surface area contributed by atoms with Crippen LogP contribution in [0.2, 0.25) is 0 Å². The third-order valence-electron chi connectivity index (χ3n) is 6.07. The maximum absolute atomic E-state index is 14.1. The van der Waals surface area contributed by atoms with Gasteiger partial charge in [0.05, 0.1) is 11.6 Å². The van der Waals surface area contributed by atoms with Crippen molar-refractivity contribution in [1.82, 2.24) is 19.9 Å². The van der Waals surface area contributed by atoms with Crippen molar-refractivity contribution in [2.45, 2.75) is 38.6 Å². The number of aromatic amines is 1. The van der Waals surface area contributed by atoms with Gasteiger partial charge < -0.3 is 10.3 Å². The molecule has 2 N–H and O–H groups in total. The van der Waals surface area contributed by atoms with E-state index in [1.54, 1.807) is 37.4 Å². The van der Waals surface area contributed by atoms with Crippen molar-refractivity contribution in [2.24, 2.45) is 0 Å². The maximum Gasteiger partial charge on any atom is 0.275 e. The summed E-state index contributed by atoms with van der Waals surface area (Å²) in [5, 5.41) is 7.40. The zero-order chi connectivity index (χ0) is 23.3. The van der Waals surface area contributed by atoms with Crippen LogP contribution in [0.3, 0.4) is 0 Å². The van der Waals surface area contributed by atoms with E-state index in [-0.39, 0.29) is 35.1 Å². The minimum absolute atomic E-state index is 0.113. The summed E-state index contributed by atoms with van der Waals surface area (Å²) in [4.78, 5) is 28.9. The first-order valence-electron chi connectivity index (χ1n) is 10.8. The van der Waals surface area contributed by atoms with Gasteiger partial charge in [-0.1, -0.05) is 24.3 Å². The third-order valence-corrected chi connectivity index (χ3v) is 6.07. The molecule has 1 unspecified atom stereocenters. The first-order valence-corrected chi connectivity index (χ1v) is 10.8. The fourth-order valence-corrected chi connectivity index (χ4v) is 4.06. The number of carbonyl (C=O) groups is 1. The molecule has 2 aromatic heterocycles. The zero-order valence-corrected chi connectivity index (χ0v) is 18.2. The molecule has 2 aromatic carbocycles. The highest BCUT2D eigenvalue weighted by atomic mass is 19.1. The monoisotopic (exact) mass is 448 g/mol. The van der Waals surface area contributed by atoms with E-state index in [1.807, 2.05) is 6.92 Å². The average molecular weight is 448 g/mol. The number of fused-ring (bicyclic) bond motifs is 1. The second-order valence-corrected chi connectivity index (χ2v) is 8.54. The van der Waals surface area contributed by atoms with E-state index < -0.39 is 5.82 Å². The van der Waals surface area contributed by atoms with Gasteiger partial charge in [0.15, 0.2) is 5.82 Å². The Morgan fingerprint density at radius 1 is 1.18 bits per heavy atom. The van der Waals surface area contributed by atoms with Crippen molar-refractivity contribution in [3.05, 3.63) is 92.9 Å². The number of aryl methyl sites for hydroxylation is 1. The van der Waals surface area contributed by atoms with Gasteiger partial charge in [-0.2, -0.15) is 0 Å². The fraction of sp³-hybridized carbons (Fsp3) is 0.240. The number of nitrogens with one attached hydrogen (secondary N) is 2. The van der Waals surface area contributed by atoms with Crippen LogP contribution < -0.4 is 10.9 Å². The van der Waals surface area contributed by atoms with Crippen LogP contribution in [-0.4, -0.2) is 20.5 Å². The number of benzene rings is 2. The summed E-state index contributed by atoms with van der Waals surface area (Å²) < 4.78 is 28.7. The van der Waals surface area contributed by atoms with Gasteiger partial charge in [0.2, 0.25) is 0 Å². The summed E-state index contributed by atoms with van der Waals surface area (Å²) in [6.07, 6.45) is 3.33. The van der Waals surface area contributed by atoms with Crippen LogP contribution in [0.1, 0.15) is 58.8 Å². The highest BCUT2D eigenvalue weighted by Crippen LogP contribution is 2.43. The van der Waals surface area contributed by atoms with Gasteiger partial charge in [0.1, 0.15) is 17.2 Å². The van der Waals surface area contributed by atoms with Gasteiger partial charge in [0, 0.05) is 17.3 Å². The number of hydrogen-bond acceptors (Lipinski definition) is 3. The molecular weight excluding hydrogens is 426 g/mol. The van der Waals surface area contributed by atoms with Gasteiger partial charge in [-0.3, -0.25) is 9.59 Å². The predicted octanol–water partition coefficient (Wildman–Crippen LogP) is 4.64. The zero-order valence-electron chi connectivity index (χ0n) is 18.2. The van der Waals surface area contributed by atoms with E-state index >= 15 is 0 Å². The number of halogens is 2. The second kappa shape index (κ2) is 7.95. The molecule has 0 spiro atoms. The van der Waals surface area contributed by atoms with Crippen LogP contribution in [0.5, 0.6) is 0 Å². The predicted molar refractivity (Wildman–Crippen MR) is 120 cm³/mol. The van der Waals surface area contributed by atoms with Gasteiger partial charge >= 0.3 is 0 Å². The van der Waals surface area contributed by atoms with Crippen LogP contribution in [0.4, 0.5) is 8.78 Å². The molecule has 4 aromatic rings. The number of nitrogens with zero attached hydrogens (tertiary/aromatic N) is 2. The van der Waals surface area contributed by atoms with E-state index in [0.717, 1.165) is 18.4 Å². The highest BCUT2D eigenvalue weighted by Gasteiger charge is 2.33. The number of H-pyrrole nitrogens is 1. The summed E-state index contributed by atoms with van der Waals surface area (Å²) in [6.45, 7) is 3.47. The number of amides is 1. The first-order chi connectivity index (χ1) is 15.8. The molecular formula is C25H22F2N4O2. The molecule has 1 saturated carbocycles. The lowest BCUT2D eigenvalue weighted by Crippen LogP contribution is -2.27. The number of rotatable bonds is 5. The Labute approximate surface area is 188 Å². The summed E-state index contributed by atoms with van der Waals surface area (Å²) in [5.74, 6) is -0.739. The highest BCUT2D eigenvalue weighted by molar-refractivity contribution is 5.98. The smallest absolute Gasteiger partial charge is 0.275 e. The standard InChI is InChI=1S/C25H22F2N4O2/c1-13-3-4-17(11-20(13)27)23-29-25(33)22-21(16-5-6-16)19(12-31(22)30-23)24(32)28-14(2)15-7-9-18(26)10-8-15/h3-4,7-12,14,16H,5-6H2,1-2H3,(H,28,32)(H,29,30,33). The van der Waals surface area contributed by atoms with E-state index in [2.05, 4.69) is 15.4 Å². The Balaban J connectivity index is 1.54. The van der Waals surface area contributed by atoms with Gasteiger partial charge in [-0.15, -0.1) is 5.10 Å². The maximum atomic E-state index is 14.1. The van der Waals surface area contributed by atoms with Crippen molar-refractivity contribution >= 4 is 11.4 Å². The Bertz CT molecular complexity index is 1440. The molecule has 2 heterocycles. The van der Waals surface area contributed by atoms with Crippen LogP contribution >= 0.6 is 0 Å². The van der Waals surface area contributed by atoms with Crippen molar-refractivity contribution in [3.8, 4) is 11.4 Å². The Hall–Kier alpha value is -3.81. The molecule has 1 aliphatic rings. The Morgan fingerprint density at radius 3 is 2.58 bits per heavy atom. The molecule has 0 aliphatic heterocycles. The van der Waals surface area contributed by atoms with Crippen molar-refractivity contribution in [1.29, 1.82) is 0 Å². The quantitative estimate of drug-likeness (QED) is 0.467. The number of aromatic nitrogens is 3. The molecule has 0 bridgehead atoms. The summed E-state index contributed by atoms with van der Waals surface area (Å²) >= 11 is 0. The average Bonchev–Trinajstić information content (AvgIpc) is 3.55. The lowest BCUT2D eigenvalue weighted by molar-refractivity contribution is 0.0939. The molecule has 168 valence electrons. The SMILES string of the molecule is Cc1ccc(-c2nn3cc(C(=O)NC(C)c4ccc(F)cc4)c(C4CC4)c3c(=O)[nH]2)cc1F. The lowest BCUT2D eigenvalue weighted by Gasteiger charge is -2.14. The number of carbonyl (C=O) groups excluding carboxylic acids is 1. The second-order valence-electron chi connectivity index (χ2n) is 8.54. The van der Waals surface area contributed by atoms with Crippen LogP contribution in [0.25, 0.3) is 16.9 Å². The minimum Gasteiger partial charge on any atom is -0.345 e. The molecule has 0 radical (unpaired) electrons. The van der Waals surface area contributed by atoms with Gasteiger partial charge in [-0.25, -0.2) is 13.3 Å². The van der Waals surface area contributed by atoms with E-state index in [4.69, 9.17) is 0 Å². The molecule has 33 heavy (non-hydrogen) atoms. The first kappa shape index (κ1) is 21.1. The molecule has 5 rings (SSSR count). The molecule has 1 fully saturated rings. The lowest BCUT2D eigenvalue weighted by atomic mass is 10.0. The topological polar surface area (TPSA) is 79.3 Å². The molecule has 8 heteroatoms. The van der Waals surface area contributed by atoms with Crippen LogP contribution in [0, 0.1) is 18.6 Å². The van der Waals surface area contributed by atoms with E-state index in [9.17, 15) is 18.4 Å². The molecule has 1 atom stereocenters. The van der Waals surface area contributed by atoms with Crippen LogP contribution in [0.15, 0.2) is 53.5 Å². The van der Waals surface area contributed by atoms with E-state index in [0.29, 0.717) is 27.8 Å². The molecule has 1 aliphatic carbocycles. The van der Waals surface area contributed by atoms with Crippen LogP contribution in [-0.2, 0) is 0 Å². The fourth-order valence-electron chi connectivity index (χ4n) is 4.06. The van der Waals surface area contributed by atoms with Gasteiger partial charge in [0.25, 0.3) is 11.5 Å². The van der Waals surface area contributed by atoms with Crippen molar-refractivity contribution in [3.63, 3.8) is 0 Å². The normalized spacial score (nSPS) is 14.4. The number of hydrogen-bond donors (Lipinski definition) is 2. The largest absolute Gasteiger partial charge is 0.345 e. The third kappa shape index (κ3) is 3.92. The summed E-state index contributed by atoms with van der Waals surface area (Å²) in [5.41, 5.74) is 2.71. The van der Waals surface area contributed by atoms with Crippen molar-refractivity contribution < 1.29 is 13.6 Å². The van der Waals surface area contributed by atoms with E-state index in [1.165, 1.54) is 22.7 Å². The Morgan fingerprint density at radius 2 is 1.91 bits per heavy atom. The summed E-state index contributed by atoms with van der Waals surface area (Å²) in [6, 6.07) is 10.2. The Kier molecular flexibility index (Phi) is 5.08. The van der Waals surface area contributed by atoms with Crippen molar-refractivity contribution in [2.75, 3.05) is 0 Å². The molecule has 1 amide bonds. The van der Waals surface area contributed by atoms with Gasteiger partial charge in [-0.05, 0) is 61.9 Å². The molecule has 0 saturated heterocycles. The molecule has 6 nitrogen and oxygen atoms in total. The minimum atomic E-state index is -0.392. The summed E-state index contributed by atoms with van der Waals surface area (Å²) in [7, 11) is 0.